The van der Waals surface area contributed by atoms with E-state index in [1.54, 1.807) is 18.0 Å². The van der Waals surface area contributed by atoms with Crippen molar-refractivity contribution in [3.8, 4) is 6.07 Å². The molecule has 13 heavy (non-hydrogen) atoms. The van der Waals surface area contributed by atoms with Crippen molar-refractivity contribution in [2.45, 2.75) is 30.0 Å². The van der Waals surface area contributed by atoms with Gasteiger partial charge in [0.05, 0.1) is 11.1 Å². The molecule has 1 atom stereocenters. The van der Waals surface area contributed by atoms with Crippen LogP contribution in [-0.4, -0.2) is 15.2 Å². The predicted molar refractivity (Wildman–Crippen MR) is 52.2 cm³/mol. The summed E-state index contributed by atoms with van der Waals surface area (Å²) in [7, 11) is 0. The van der Waals surface area contributed by atoms with Gasteiger partial charge in [0.25, 0.3) is 0 Å². The second-order valence-corrected chi connectivity index (χ2v) is 3.88. The smallest absolute Gasteiger partial charge is 0.116 e. The maximum atomic E-state index is 8.55. The molecule has 68 valence electrons. The molecule has 4 heteroatoms. The average molecular weight is 193 g/mol. The third-order valence-electron chi connectivity index (χ3n) is 1.62. The molecule has 0 saturated carbocycles. The van der Waals surface area contributed by atoms with E-state index in [-0.39, 0.29) is 0 Å². The van der Waals surface area contributed by atoms with E-state index in [0.717, 1.165) is 11.4 Å². The quantitative estimate of drug-likeness (QED) is 0.543. The van der Waals surface area contributed by atoms with Crippen LogP contribution in [0.25, 0.3) is 0 Å². The maximum absolute atomic E-state index is 8.55. The van der Waals surface area contributed by atoms with Gasteiger partial charge in [0.15, 0.2) is 0 Å². The lowest BCUT2D eigenvalue weighted by molar-refractivity contribution is 0.838. The van der Waals surface area contributed by atoms with Gasteiger partial charge < -0.3 is 0 Å². The minimum absolute atomic E-state index is 0.347. The number of aromatic nitrogens is 2. The first-order valence-corrected chi connectivity index (χ1v) is 5.04. The van der Waals surface area contributed by atoms with Crippen LogP contribution in [0.4, 0.5) is 0 Å². The Morgan fingerprint density at radius 1 is 1.69 bits per heavy atom. The molecule has 0 aliphatic heterocycles. The van der Waals surface area contributed by atoms with Gasteiger partial charge in [-0.05, 0) is 12.5 Å². The zero-order valence-corrected chi connectivity index (χ0v) is 8.29. The monoisotopic (exact) mass is 193 g/mol. The summed E-state index contributed by atoms with van der Waals surface area (Å²) in [5.41, 5.74) is 0. The topological polar surface area (TPSA) is 49.6 Å². The summed E-state index contributed by atoms with van der Waals surface area (Å²) in [4.78, 5) is 7.93. The molecule has 0 aliphatic rings. The summed E-state index contributed by atoms with van der Waals surface area (Å²) in [5, 5.41) is 9.84. The SMILES string of the molecule is CCC(CC#N)Sc1ccncn1. The zero-order valence-electron chi connectivity index (χ0n) is 7.47. The fourth-order valence-corrected chi connectivity index (χ4v) is 1.80. The van der Waals surface area contributed by atoms with Crippen molar-refractivity contribution in [1.82, 2.24) is 9.97 Å². The fraction of sp³-hybridized carbons (Fsp3) is 0.444. The molecule has 0 bridgehead atoms. The molecule has 1 unspecified atom stereocenters. The third kappa shape index (κ3) is 3.43. The first-order valence-electron chi connectivity index (χ1n) is 4.16. The highest BCUT2D eigenvalue weighted by atomic mass is 32.2. The van der Waals surface area contributed by atoms with Gasteiger partial charge in [0.2, 0.25) is 0 Å². The molecular weight excluding hydrogens is 182 g/mol. The van der Waals surface area contributed by atoms with Gasteiger partial charge in [0.1, 0.15) is 6.33 Å². The normalized spacial score (nSPS) is 12.0. The van der Waals surface area contributed by atoms with E-state index in [1.165, 1.54) is 6.33 Å². The van der Waals surface area contributed by atoms with Crippen LogP contribution in [0.1, 0.15) is 19.8 Å². The standard InChI is InChI=1S/C9H11N3S/c1-2-8(3-5-10)13-9-4-6-11-7-12-9/h4,6-8H,2-3H2,1H3. The van der Waals surface area contributed by atoms with Gasteiger partial charge in [-0.25, -0.2) is 9.97 Å². The van der Waals surface area contributed by atoms with Crippen LogP contribution in [0, 0.1) is 11.3 Å². The van der Waals surface area contributed by atoms with E-state index in [2.05, 4.69) is 23.0 Å². The van der Waals surface area contributed by atoms with Gasteiger partial charge in [-0.2, -0.15) is 5.26 Å². The number of rotatable bonds is 4. The van der Waals surface area contributed by atoms with Crippen molar-refractivity contribution in [1.29, 1.82) is 5.26 Å². The van der Waals surface area contributed by atoms with Gasteiger partial charge >= 0.3 is 0 Å². The molecule has 0 fully saturated rings. The van der Waals surface area contributed by atoms with Crippen LogP contribution in [0.2, 0.25) is 0 Å². The molecule has 0 N–H and O–H groups in total. The largest absolute Gasteiger partial charge is 0.245 e. The van der Waals surface area contributed by atoms with Crippen LogP contribution in [-0.2, 0) is 0 Å². The number of hydrogen-bond donors (Lipinski definition) is 0. The molecule has 0 spiro atoms. The van der Waals surface area contributed by atoms with Crippen LogP contribution >= 0.6 is 11.8 Å². The molecular formula is C9H11N3S. The van der Waals surface area contributed by atoms with Crippen molar-refractivity contribution in [3.63, 3.8) is 0 Å². The van der Waals surface area contributed by atoms with Crippen molar-refractivity contribution >= 4 is 11.8 Å². The van der Waals surface area contributed by atoms with Crippen molar-refractivity contribution < 1.29 is 0 Å². The van der Waals surface area contributed by atoms with Crippen LogP contribution in [0.15, 0.2) is 23.6 Å². The Kier molecular flexibility index (Phi) is 4.27. The molecule has 1 aromatic heterocycles. The lowest BCUT2D eigenvalue weighted by atomic mass is 10.3. The van der Waals surface area contributed by atoms with E-state index < -0.39 is 0 Å². The Labute approximate surface area is 82.2 Å². The number of nitrogens with zero attached hydrogens (tertiary/aromatic N) is 3. The van der Waals surface area contributed by atoms with E-state index in [4.69, 9.17) is 5.26 Å². The van der Waals surface area contributed by atoms with Crippen LogP contribution < -0.4 is 0 Å². The highest BCUT2D eigenvalue weighted by molar-refractivity contribution is 7.99. The van der Waals surface area contributed by atoms with E-state index in [1.807, 2.05) is 6.07 Å². The Hall–Kier alpha value is -1.08. The summed E-state index contributed by atoms with van der Waals surface area (Å²) in [6, 6.07) is 4.04. The summed E-state index contributed by atoms with van der Waals surface area (Å²) in [6.07, 6.45) is 4.81. The number of thioether (sulfide) groups is 1. The molecule has 0 aromatic carbocycles. The molecule has 0 radical (unpaired) electrons. The van der Waals surface area contributed by atoms with Gasteiger partial charge in [-0.15, -0.1) is 11.8 Å². The first-order chi connectivity index (χ1) is 6.36. The molecule has 0 saturated heterocycles. The molecule has 0 aliphatic carbocycles. The summed E-state index contributed by atoms with van der Waals surface area (Å²) in [5.74, 6) is 0. The lowest BCUT2D eigenvalue weighted by Crippen LogP contribution is -1.99. The van der Waals surface area contributed by atoms with Crippen LogP contribution in [0.5, 0.6) is 0 Å². The molecule has 3 nitrogen and oxygen atoms in total. The Balaban J connectivity index is 2.53. The van der Waals surface area contributed by atoms with Crippen LogP contribution in [0.3, 0.4) is 0 Å². The first kappa shape index (κ1) is 10.0. The van der Waals surface area contributed by atoms with Gasteiger partial charge in [0, 0.05) is 17.9 Å². The van der Waals surface area contributed by atoms with Gasteiger partial charge in [-0.3, -0.25) is 0 Å². The molecule has 1 heterocycles. The molecule has 0 amide bonds. The van der Waals surface area contributed by atoms with E-state index in [0.29, 0.717) is 11.7 Å². The summed E-state index contributed by atoms with van der Waals surface area (Å²) in [6.45, 7) is 2.08. The van der Waals surface area contributed by atoms with E-state index in [9.17, 15) is 0 Å². The lowest BCUT2D eigenvalue weighted by Gasteiger charge is -2.08. The predicted octanol–water partition coefficient (Wildman–Crippen LogP) is 2.26. The number of hydrogen-bond acceptors (Lipinski definition) is 4. The Bertz CT molecular complexity index is 281. The maximum Gasteiger partial charge on any atom is 0.116 e. The zero-order chi connectivity index (χ0) is 9.52. The number of nitriles is 1. The highest BCUT2D eigenvalue weighted by Gasteiger charge is 2.07. The fourth-order valence-electron chi connectivity index (χ4n) is 0.890. The molecule has 1 aromatic rings. The van der Waals surface area contributed by atoms with Crippen molar-refractivity contribution in [3.05, 3.63) is 18.6 Å². The minimum atomic E-state index is 0.347. The highest BCUT2D eigenvalue weighted by Crippen LogP contribution is 2.24. The third-order valence-corrected chi connectivity index (χ3v) is 2.93. The van der Waals surface area contributed by atoms with Crippen molar-refractivity contribution in [2.24, 2.45) is 0 Å². The second kappa shape index (κ2) is 5.55. The summed E-state index contributed by atoms with van der Waals surface area (Å²) >= 11 is 1.64. The van der Waals surface area contributed by atoms with E-state index >= 15 is 0 Å². The van der Waals surface area contributed by atoms with Gasteiger partial charge in [-0.1, -0.05) is 6.92 Å². The summed E-state index contributed by atoms with van der Waals surface area (Å²) < 4.78 is 0. The Morgan fingerprint density at radius 2 is 2.54 bits per heavy atom. The van der Waals surface area contributed by atoms with Crippen molar-refractivity contribution in [2.75, 3.05) is 0 Å². The second-order valence-electron chi connectivity index (χ2n) is 2.56. The molecule has 1 rings (SSSR count). The average Bonchev–Trinajstić information content (AvgIpc) is 2.19. The minimum Gasteiger partial charge on any atom is -0.245 e. The Morgan fingerprint density at radius 3 is 3.08 bits per heavy atom.